The lowest BCUT2D eigenvalue weighted by Gasteiger charge is -2.18. The first kappa shape index (κ1) is 14.1. The second kappa shape index (κ2) is 5.78. The first-order chi connectivity index (χ1) is 9.47. The van der Waals surface area contributed by atoms with E-state index in [4.69, 9.17) is 5.73 Å². The molecule has 1 amide bonds. The van der Waals surface area contributed by atoms with E-state index in [1.165, 1.54) is 5.56 Å². The van der Waals surface area contributed by atoms with E-state index in [1.54, 1.807) is 18.0 Å². The molecule has 3 nitrogen and oxygen atoms in total. The Labute approximate surface area is 120 Å². The second-order valence-corrected chi connectivity index (χ2v) is 5.15. The van der Waals surface area contributed by atoms with Gasteiger partial charge in [0.1, 0.15) is 0 Å². The summed E-state index contributed by atoms with van der Waals surface area (Å²) in [6.45, 7) is 4.07. The molecule has 0 aromatic heterocycles. The van der Waals surface area contributed by atoms with Crippen molar-refractivity contribution >= 4 is 17.3 Å². The van der Waals surface area contributed by atoms with Crippen molar-refractivity contribution in [1.82, 2.24) is 0 Å². The van der Waals surface area contributed by atoms with Crippen LogP contribution in [0.25, 0.3) is 0 Å². The summed E-state index contributed by atoms with van der Waals surface area (Å²) < 4.78 is 0. The molecule has 0 saturated carbocycles. The molecular formula is C17H20N2O. The zero-order valence-corrected chi connectivity index (χ0v) is 12.2. The third kappa shape index (κ3) is 3.18. The van der Waals surface area contributed by atoms with Crippen LogP contribution in [0, 0.1) is 13.8 Å². The van der Waals surface area contributed by atoms with Gasteiger partial charge in [0.05, 0.1) is 6.42 Å². The highest BCUT2D eigenvalue weighted by Gasteiger charge is 2.13. The van der Waals surface area contributed by atoms with Crippen molar-refractivity contribution in [3.8, 4) is 0 Å². The highest BCUT2D eigenvalue weighted by atomic mass is 16.2. The number of benzene rings is 2. The Bertz CT molecular complexity index is 635. The number of hydrogen-bond acceptors (Lipinski definition) is 2. The van der Waals surface area contributed by atoms with Gasteiger partial charge in [0.25, 0.3) is 0 Å². The predicted molar refractivity (Wildman–Crippen MR) is 83.9 cm³/mol. The molecule has 2 aromatic rings. The Hall–Kier alpha value is -2.29. The molecule has 0 bridgehead atoms. The molecule has 2 aromatic carbocycles. The van der Waals surface area contributed by atoms with Crippen LogP contribution in [-0.4, -0.2) is 13.0 Å². The zero-order chi connectivity index (χ0) is 14.7. The fraction of sp³-hybridized carbons (Fsp3) is 0.235. The number of aryl methyl sites for hydroxylation is 2. The van der Waals surface area contributed by atoms with E-state index in [0.29, 0.717) is 12.1 Å². The van der Waals surface area contributed by atoms with Gasteiger partial charge in [0, 0.05) is 18.4 Å². The lowest BCUT2D eigenvalue weighted by atomic mass is 10.0. The van der Waals surface area contributed by atoms with Crippen LogP contribution in [0.5, 0.6) is 0 Å². The van der Waals surface area contributed by atoms with E-state index in [0.717, 1.165) is 16.8 Å². The summed E-state index contributed by atoms with van der Waals surface area (Å²) in [5.41, 5.74) is 10.6. The van der Waals surface area contributed by atoms with Crippen molar-refractivity contribution in [2.24, 2.45) is 0 Å². The van der Waals surface area contributed by atoms with Crippen LogP contribution in [0.3, 0.4) is 0 Å². The van der Waals surface area contributed by atoms with Crippen molar-refractivity contribution in [2.75, 3.05) is 17.7 Å². The summed E-state index contributed by atoms with van der Waals surface area (Å²) in [6, 6.07) is 13.5. The number of anilines is 2. The van der Waals surface area contributed by atoms with Crippen molar-refractivity contribution < 1.29 is 4.79 Å². The SMILES string of the molecule is Cc1ccc(C)c(CC(=O)N(C)c2cccc(N)c2)c1. The van der Waals surface area contributed by atoms with E-state index in [2.05, 4.69) is 18.2 Å². The van der Waals surface area contributed by atoms with Crippen molar-refractivity contribution in [3.63, 3.8) is 0 Å². The number of nitrogens with two attached hydrogens (primary N) is 1. The first-order valence-corrected chi connectivity index (χ1v) is 6.65. The Balaban J connectivity index is 2.17. The van der Waals surface area contributed by atoms with Crippen LogP contribution in [0.4, 0.5) is 11.4 Å². The first-order valence-electron chi connectivity index (χ1n) is 6.65. The van der Waals surface area contributed by atoms with Gasteiger partial charge in [-0.25, -0.2) is 0 Å². The van der Waals surface area contributed by atoms with Gasteiger partial charge in [0.2, 0.25) is 5.91 Å². The molecule has 104 valence electrons. The Morgan fingerprint density at radius 2 is 1.90 bits per heavy atom. The normalized spacial score (nSPS) is 10.3. The molecule has 2 rings (SSSR count). The molecule has 0 radical (unpaired) electrons. The molecule has 0 aliphatic carbocycles. The summed E-state index contributed by atoms with van der Waals surface area (Å²) in [5, 5.41) is 0. The lowest BCUT2D eigenvalue weighted by molar-refractivity contribution is -0.117. The van der Waals surface area contributed by atoms with Crippen LogP contribution in [0.15, 0.2) is 42.5 Å². The lowest BCUT2D eigenvalue weighted by Crippen LogP contribution is -2.28. The largest absolute Gasteiger partial charge is 0.399 e. The van der Waals surface area contributed by atoms with Gasteiger partial charge in [-0.15, -0.1) is 0 Å². The third-order valence-corrected chi connectivity index (χ3v) is 3.48. The Morgan fingerprint density at radius 3 is 2.60 bits per heavy atom. The second-order valence-electron chi connectivity index (χ2n) is 5.15. The molecule has 0 unspecified atom stereocenters. The quantitative estimate of drug-likeness (QED) is 0.869. The van der Waals surface area contributed by atoms with E-state index in [9.17, 15) is 4.79 Å². The number of carbonyl (C=O) groups excluding carboxylic acids is 1. The van der Waals surface area contributed by atoms with Crippen molar-refractivity contribution in [3.05, 3.63) is 59.2 Å². The monoisotopic (exact) mass is 268 g/mol. The van der Waals surface area contributed by atoms with E-state index < -0.39 is 0 Å². The highest BCUT2D eigenvalue weighted by molar-refractivity contribution is 5.94. The molecule has 3 heteroatoms. The zero-order valence-electron chi connectivity index (χ0n) is 12.2. The molecule has 0 atom stereocenters. The Morgan fingerprint density at radius 1 is 1.15 bits per heavy atom. The number of rotatable bonds is 3. The van der Waals surface area contributed by atoms with Crippen LogP contribution < -0.4 is 10.6 Å². The number of nitrogen functional groups attached to an aromatic ring is 1. The third-order valence-electron chi connectivity index (χ3n) is 3.48. The van der Waals surface area contributed by atoms with Gasteiger partial charge >= 0.3 is 0 Å². The summed E-state index contributed by atoms with van der Waals surface area (Å²) >= 11 is 0. The predicted octanol–water partition coefficient (Wildman–Crippen LogP) is 3.09. The van der Waals surface area contributed by atoms with Crippen molar-refractivity contribution in [2.45, 2.75) is 20.3 Å². The summed E-state index contributed by atoms with van der Waals surface area (Å²) in [4.78, 5) is 14.0. The molecule has 0 saturated heterocycles. The minimum Gasteiger partial charge on any atom is -0.399 e. The number of carbonyl (C=O) groups is 1. The number of hydrogen-bond donors (Lipinski definition) is 1. The molecule has 0 aliphatic rings. The average molecular weight is 268 g/mol. The van der Waals surface area contributed by atoms with E-state index >= 15 is 0 Å². The van der Waals surface area contributed by atoms with E-state index in [-0.39, 0.29) is 5.91 Å². The van der Waals surface area contributed by atoms with Crippen molar-refractivity contribution in [1.29, 1.82) is 0 Å². The maximum absolute atomic E-state index is 12.4. The maximum atomic E-state index is 12.4. The summed E-state index contributed by atoms with van der Waals surface area (Å²) in [5.74, 6) is 0.0595. The Kier molecular flexibility index (Phi) is 4.08. The molecule has 0 aliphatic heterocycles. The molecule has 2 N–H and O–H groups in total. The van der Waals surface area contributed by atoms with Crippen LogP contribution in [0.1, 0.15) is 16.7 Å². The fourth-order valence-corrected chi connectivity index (χ4v) is 2.15. The fourth-order valence-electron chi connectivity index (χ4n) is 2.15. The standard InChI is InChI=1S/C17H20N2O/c1-12-7-8-13(2)14(9-12)10-17(20)19(3)16-6-4-5-15(18)11-16/h4-9,11H,10,18H2,1-3H3. The number of likely N-dealkylation sites (N-methyl/N-ethyl adjacent to an activating group) is 1. The minimum atomic E-state index is 0.0595. The topological polar surface area (TPSA) is 46.3 Å². The van der Waals surface area contributed by atoms with Gasteiger partial charge < -0.3 is 10.6 Å². The number of amides is 1. The van der Waals surface area contributed by atoms with E-state index in [1.807, 2.05) is 32.0 Å². The molecule has 0 fully saturated rings. The average Bonchev–Trinajstić information content (AvgIpc) is 2.42. The van der Waals surface area contributed by atoms with Gasteiger partial charge in [-0.2, -0.15) is 0 Å². The summed E-state index contributed by atoms with van der Waals surface area (Å²) in [7, 11) is 1.78. The number of nitrogens with zero attached hydrogens (tertiary/aromatic N) is 1. The van der Waals surface area contributed by atoms with Gasteiger partial charge in [0.15, 0.2) is 0 Å². The maximum Gasteiger partial charge on any atom is 0.231 e. The smallest absolute Gasteiger partial charge is 0.231 e. The van der Waals surface area contributed by atoms with Gasteiger partial charge in [-0.1, -0.05) is 29.8 Å². The van der Waals surface area contributed by atoms with Crippen LogP contribution >= 0.6 is 0 Å². The molecule has 0 heterocycles. The summed E-state index contributed by atoms with van der Waals surface area (Å²) in [6.07, 6.45) is 0.402. The highest BCUT2D eigenvalue weighted by Crippen LogP contribution is 2.18. The molecule has 0 spiro atoms. The van der Waals surface area contributed by atoms with Gasteiger partial charge in [-0.3, -0.25) is 4.79 Å². The van der Waals surface area contributed by atoms with Crippen LogP contribution in [-0.2, 0) is 11.2 Å². The minimum absolute atomic E-state index is 0.0595. The molecule has 20 heavy (non-hydrogen) atoms. The van der Waals surface area contributed by atoms with Crippen LogP contribution in [0.2, 0.25) is 0 Å². The van der Waals surface area contributed by atoms with Gasteiger partial charge in [-0.05, 0) is 43.2 Å². The molecular weight excluding hydrogens is 248 g/mol.